The normalized spacial score (nSPS) is 12.1. The molecule has 0 aliphatic heterocycles. The van der Waals surface area contributed by atoms with Gasteiger partial charge in [0.1, 0.15) is 18.2 Å². The number of pyridine rings is 1. The molecule has 0 radical (unpaired) electrons. The lowest BCUT2D eigenvalue weighted by Gasteiger charge is -2.17. The van der Waals surface area contributed by atoms with E-state index in [2.05, 4.69) is 4.98 Å². The molecule has 94 valence electrons. The van der Waals surface area contributed by atoms with Gasteiger partial charge in [-0.05, 0) is 30.7 Å². The summed E-state index contributed by atoms with van der Waals surface area (Å²) in [6.07, 6.45) is 1.68. The molecular formula is C14H17N3O. The molecule has 0 bridgehead atoms. The van der Waals surface area contributed by atoms with Gasteiger partial charge in [-0.3, -0.25) is 0 Å². The van der Waals surface area contributed by atoms with Gasteiger partial charge in [0.05, 0.1) is 6.04 Å². The van der Waals surface area contributed by atoms with Gasteiger partial charge in [-0.2, -0.15) is 0 Å². The Hall–Kier alpha value is -2.07. The summed E-state index contributed by atoms with van der Waals surface area (Å²) < 4.78 is 5.62. The van der Waals surface area contributed by atoms with Crippen LogP contribution in [0.3, 0.4) is 0 Å². The standard InChI is InChI=1S/C14H17N3O/c1-10-7-8-17-14(16)13(10)12(15)9-18-11-5-3-2-4-6-11/h2-8,12H,9,15H2,1H3,(H2,16,17). The number of anilines is 1. The average molecular weight is 243 g/mol. The molecular weight excluding hydrogens is 226 g/mol. The van der Waals surface area contributed by atoms with Crippen molar-refractivity contribution in [3.63, 3.8) is 0 Å². The van der Waals surface area contributed by atoms with E-state index >= 15 is 0 Å². The second-order valence-corrected chi connectivity index (χ2v) is 4.16. The third-order valence-corrected chi connectivity index (χ3v) is 2.78. The molecule has 0 amide bonds. The second-order valence-electron chi connectivity index (χ2n) is 4.16. The molecule has 0 spiro atoms. The topological polar surface area (TPSA) is 74.2 Å². The van der Waals surface area contributed by atoms with Crippen LogP contribution in [0.25, 0.3) is 0 Å². The number of ether oxygens (including phenoxy) is 1. The molecule has 1 aromatic carbocycles. The van der Waals surface area contributed by atoms with Crippen LogP contribution in [0.15, 0.2) is 42.6 Å². The summed E-state index contributed by atoms with van der Waals surface area (Å²) >= 11 is 0. The third-order valence-electron chi connectivity index (χ3n) is 2.78. The van der Waals surface area contributed by atoms with Crippen molar-refractivity contribution in [3.8, 4) is 5.75 Å². The zero-order valence-corrected chi connectivity index (χ0v) is 10.3. The van der Waals surface area contributed by atoms with Crippen molar-refractivity contribution in [2.75, 3.05) is 12.3 Å². The van der Waals surface area contributed by atoms with Crippen LogP contribution in [-0.4, -0.2) is 11.6 Å². The minimum absolute atomic E-state index is 0.279. The van der Waals surface area contributed by atoms with Crippen molar-refractivity contribution in [2.45, 2.75) is 13.0 Å². The molecule has 2 aromatic rings. The maximum atomic E-state index is 6.10. The van der Waals surface area contributed by atoms with Gasteiger partial charge in [0.2, 0.25) is 0 Å². The highest BCUT2D eigenvalue weighted by molar-refractivity contribution is 5.46. The van der Waals surface area contributed by atoms with E-state index < -0.39 is 0 Å². The zero-order valence-electron chi connectivity index (χ0n) is 10.3. The summed E-state index contributed by atoms with van der Waals surface area (Å²) in [6.45, 7) is 2.34. The fourth-order valence-electron chi connectivity index (χ4n) is 1.86. The summed E-state index contributed by atoms with van der Waals surface area (Å²) in [5.41, 5.74) is 13.8. The minimum Gasteiger partial charge on any atom is -0.492 e. The van der Waals surface area contributed by atoms with Crippen molar-refractivity contribution in [1.82, 2.24) is 4.98 Å². The summed E-state index contributed by atoms with van der Waals surface area (Å²) in [7, 11) is 0. The largest absolute Gasteiger partial charge is 0.492 e. The van der Waals surface area contributed by atoms with Crippen molar-refractivity contribution in [3.05, 3.63) is 53.7 Å². The van der Waals surface area contributed by atoms with Crippen LogP contribution in [0, 0.1) is 6.92 Å². The molecule has 1 unspecified atom stereocenters. The number of para-hydroxylation sites is 1. The Labute approximate surface area is 107 Å². The monoisotopic (exact) mass is 243 g/mol. The first-order valence-electron chi connectivity index (χ1n) is 5.83. The molecule has 1 atom stereocenters. The van der Waals surface area contributed by atoms with E-state index in [1.54, 1.807) is 6.20 Å². The fourth-order valence-corrected chi connectivity index (χ4v) is 1.86. The highest BCUT2D eigenvalue weighted by atomic mass is 16.5. The third kappa shape index (κ3) is 2.78. The lowest BCUT2D eigenvalue weighted by molar-refractivity contribution is 0.290. The molecule has 1 heterocycles. The van der Waals surface area contributed by atoms with Gasteiger partial charge in [0, 0.05) is 11.8 Å². The van der Waals surface area contributed by atoms with E-state index in [0.29, 0.717) is 12.4 Å². The number of nitrogens with zero attached hydrogens (tertiary/aromatic N) is 1. The second kappa shape index (κ2) is 5.51. The molecule has 4 heteroatoms. The molecule has 0 fully saturated rings. The van der Waals surface area contributed by atoms with Crippen molar-refractivity contribution >= 4 is 5.82 Å². The summed E-state index contributed by atoms with van der Waals surface area (Å²) in [5, 5.41) is 0. The lowest BCUT2D eigenvalue weighted by atomic mass is 10.0. The first-order chi connectivity index (χ1) is 8.68. The van der Waals surface area contributed by atoms with Crippen LogP contribution in [0.2, 0.25) is 0 Å². The van der Waals surface area contributed by atoms with E-state index in [1.807, 2.05) is 43.3 Å². The predicted octanol–water partition coefficient (Wildman–Crippen LogP) is 2.05. The number of aromatic nitrogens is 1. The Morgan fingerprint density at radius 2 is 1.94 bits per heavy atom. The fraction of sp³-hybridized carbons (Fsp3) is 0.214. The SMILES string of the molecule is Cc1ccnc(N)c1C(N)COc1ccccc1. The van der Waals surface area contributed by atoms with Crippen LogP contribution in [0.1, 0.15) is 17.2 Å². The number of benzene rings is 1. The maximum Gasteiger partial charge on any atom is 0.128 e. The summed E-state index contributed by atoms with van der Waals surface area (Å²) in [5.74, 6) is 1.27. The summed E-state index contributed by atoms with van der Waals surface area (Å²) in [4.78, 5) is 4.06. The van der Waals surface area contributed by atoms with Gasteiger partial charge in [-0.25, -0.2) is 4.98 Å². The Bertz CT molecular complexity index is 493. The Kier molecular flexibility index (Phi) is 3.79. The number of nitrogen functional groups attached to an aromatic ring is 1. The Balaban J connectivity index is 2.06. The molecule has 0 aliphatic carbocycles. The minimum atomic E-state index is -0.279. The molecule has 0 saturated heterocycles. The summed E-state index contributed by atoms with van der Waals surface area (Å²) in [6, 6.07) is 11.2. The molecule has 4 N–H and O–H groups in total. The van der Waals surface area contributed by atoms with Gasteiger partial charge >= 0.3 is 0 Å². The Morgan fingerprint density at radius 3 is 2.61 bits per heavy atom. The first kappa shape index (κ1) is 12.4. The van der Waals surface area contributed by atoms with Crippen molar-refractivity contribution in [2.24, 2.45) is 5.73 Å². The first-order valence-corrected chi connectivity index (χ1v) is 5.83. The molecule has 1 aromatic heterocycles. The lowest BCUT2D eigenvalue weighted by Crippen LogP contribution is -2.21. The molecule has 18 heavy (non-hydrogen) atoms. The van der Waals surface area contributed by atoms with Crippen LogP contribution in [0.5, 0.6) is 5.75 Å². The smallest absolute Gasteiger partial charge is 0.128 e. The van der Waals surface area contributed by atoms with E-state index in [-0.39, 0.29) is 6.04 Å². The Morgan fingerprint density at radius 1 is 1.22 bits per heavy atom. The maximum absolute atomic E-state index is 6.10. The van der Waals surface area contributed by atoms with Crippen LogP contribution in [-0.2, 0) is 0 Å². The quantitative estimate of drug-likeness (QED) is 0.861. The number of hydrogen-bond acceptors (Lipinski definition) is 4. The number of rotatable bonds is 4. The van der Waals surface area contributed by atoms with E-state index in [1.165, 1.54) is 0 Å². The average Bonchev–Trinajstić information content (AvgIpc) is 2.37. The van der Waals surface area contributed by atoms with Gasteiger partial charge in [0.15, 0.2) is 0 Å². The molecule has 4 nitrogen and oxygen atoms in total. The van der Waals surface area contributed by atoms with Crippen LogP contribution < -0.4 is 16.2 Å². The highest BCUT2D eigenvalue weighted by Gasteiger charge is 2.13. The number of aryl methyl sites for hydroxylation is 1. The predicted molar refractivity (Wildman–Crippen MR) is 72.3 cm³/mol. The van der Waals surface area contributed by atoms with Crippen LogP contribution in [0.4, 0.5) is 5.82 Å². The van der Waals surface area contributed by atoms with E-state index in [0.717, 1.165) is 16.9 Å². The van der Waals surface area contributed by atoms with Crippen molar-refractivity contribution < 1.29 is 4.74 Å². The van der Waals surface area contributed by atoms with Gasteiger partial charge in [-0.1, -0.05) is 18.2 Å². The molecule has 0 saturated carbocycles. The van der Waals surface area contributed by atoms with Gasteiger partial charge in [0.25, 0.3) is 0 Å². The molecule has 0 aliphatic rings. The van der Waals surface area contributed by atoms with Crippen LogP contribution >= 0.6 is 0 Å². The van der Waals surface area contributed by atoms with E-state index in [9.17, 15) is 0 Å². The van der Waals surface area contributed by atoms with E-state index in [4.69, 9.17) is 16.2 Å². The van der Waals surface area contributed by atoms with Crippen molar-refractivity contribution in [1.29, 1.82) is 0 Å². The van der Waals surface area contributed by atoms with Gasteiger partial charge in [-0.15, -0.1) is 0 Å². The highest BCUT2D eigenvalue weighted by Crippen LogP contribution is 2.21. The number of nitrogens with two attached hydrogens (primary N) is 2. The molecule has 2 rings (SSSR count). The van der Waals surface area contributed by atoms with Gasteiger partial charge < -0.3 is 16.2 Å². The number of hydrogen-bond donors (Lipinski definition) is 2. The zero-order chi connectivity index (χ0) is 13.0.